The van der Waals surface area contributed by atoms with Gasteiger partial charge in [0, 0.05) is 64.0 Å². The minimum Gasteiger partial charge on any atom is -0.379 e. The zero-order chi connectivity index (χ0) is 18.9. The van der Waals surface area contributed by atoms with Crippen LogP contribution in [0.3, 0.4) is 0 Å². The molecule has 27 heavy (non-hydrogen) atoms. The van der Waals surface area contributed by atoms with Crippen LogP contribution in [0.2, 0.25) is 0 Å². The number of rotatable bonds is 5. The van der Waals surface area contributed by atoms with Crippen LogP contribution in [0.4, 0.5) is 0 Å². The highest BCUT2D eigenvalue weighted by Gasteiger charge is 2.32. The number of sulfonamides is 1. The average molecular weight is 394 g/mol. The molecule has 0 spiro atoms. The maximum Gasteiger partial charge on any atom is 0.251 e. The number of carbonyl (C=O) groups excluding carboxylic acids is 1. The van der Waals surface area contributed by atoms with Gasteiger partial charge in [-0.05, 0) is 24.3 Å². The molecular formula is C18H26N4O4S. The number of carbonyl (C=O) groups is 1. The Kier molecular flexibility index (Phi) is 5.47. The number of nitrogens with zero attached hydrogens (tertiary/aromatic N) is 3. The molecule has 1 aromatic rings. The van der Waals surface area contributed by atoms with Crippen molar-refractivity contribution < 1.29 is 17.9 Å². The van der Waals surface area contributed by atoms with Crippen LogP contribution >= 0.6 is 0 Å². The molecule has 0 radical (unpaired) electrons. The van der Waals surface area contributed by atoms with Gasteiger partial charge in [0.2, 0.25) is 10.0 Å². The Morgan fingerprint density at radius 1 is 1.04 bits per heavy atom. The summed E-state index contributed by atoms with van der Waals surface area (Å²) in [7, 11) is -3.53. The van der Waals surface area contributed by atoms with E-state index in [2.05, 4.69) is 15.1 Å². The average Bonchev–Trinajstić information content (AvgIpc) is 2.73. The van der Waals surface area contributed by atoms with Gasteiger partial charge in [0.15, 0.2) is 0 Å². The molecule has 5 rings (SSSR count). The summed E-state index contributed by atoms with van der Waals surface area (Å²) in [6.07, 6.45) is 0. The van der Waals surface area contributed by atoms with E-state index in [4.69, 9.17) is 4.74 Å². The van der Waals surface area contributed by atoms with Gasteiger partial charge in [-0.3, -0.25) is 14.6 Å². The number of nitrogens with one attached hydrogen (secondary N) is 1. The van der Waals surface area contributed by atoms with Crippen LogP contribution in [0.5, 0.6) is 0 Å². The summed E-state index contributed by atoms with van der Waals surface area (Å²) in [6.45, 7) is 7.51. The Labute approximate surface area is 160 Å². The lowest BCUT2D eigenvalue weighted by Gasteiger charge is -2.47. The van der Waals surface area contributed by atoms with E-state index in [1.807, 2.05) is 0 Å². The third-order valence-electron chi connectivity index (χ3n) is 5.61. The first-order valence-corrected chi connectivity index (χ1v) is 10.9. The van der Waals surface area contributed by atoms with Crippen molar-refractivity contribution in [1.29, 1.82) is 0 Å². The second-order valence-electron chi connectivity index (χ2n) is 7.24. The molecule has 1 aromatic carbocycles. The summed E-state index contributed by atoms with van der Waals surface area (Å²) in [6, 6.07) is 6.55. The summed E-state index contributed by atoms with van der Waals surface area (Å²) in [5, 5.41) is 2.99. The minimum absolute atomic E-state index is 0.164. The molecule has 4 heterocycles. The van der Waals surface area contributed by atoms with E-state index in [0.717, 1.165) is 32.7 Å². The van der Waals surface area contributed by atoms with Gasteiger partial charge in [0.25, 0.3) is 5.91 Å². The van der Waals surface area contributed by atoms with Crippen LogP contribution < -0.4 is 5.32 Å². The first kappa shape index (κ1) is 18.8. The van der Waals surface area contributed by atoms with Crippen molar-refractivity contribution in [3.63, 3.8) is 0 Å². The van der Waals surface area contributed by atoms with Crippen LogP contribution in [0.25, 0.3) is 0 Å². The molecule has 1 atom stereocenters. The molecular weight excluding hydrogens is 368 g/mol. The number of hydrogen-bond donors (Lipinski definition) is 1. The molecule has 0 saturated carbocycles. The van der Waals surface area contributed by atoms with Gasteiger partial charge < -0.3 is 10.1 Å². The predicted molar refractivity (Wildman–Crippen MR) is 100 cm³/mol. The molecule has 1 N–H and O–H groups in total. The molecule has 1 unspecified atom stereocenters. The molecule has 2 bridgehead atoms. The summed E-state index contributed by atoms with van der Waals surface area (Å²) >= 11 is 0. The second kappa shape index (κ2) is 7.84. The van der Waals surface area contributed by atoms with Crippen LogP contribution in [-0.2, 0) is 14.8 Å². The third kappa shape index (κ3) is 4.02. The van der Waals surface area contributed by atoms with E-state index in [0.29, 0.717) is 44.5 Å². The van der Waals surface area contributed by atoms with Crippen LogP contribution in [0.15, 0.2) is 29.2 Å². The number of ether oxygens (including phenoxy) is 1. The van der Waals surface area contributed by atoms with Gasteiger partial charge in [-0.1, -0.05) is 0 Å². The largest absolute Gasteiger partial charge is 0.379 e. The maximum absolute atomic E-state index is 12.6. The Morgan fingerprint density at radius 3 is 2.30 bits per heavy atom. The number of benzene rings is 1. The van der Waals surface area contributed by atoms with E-state index in [-0.39, 0.29) is 10.8 Å². The summed E-state index contributed by atoms with van der Waals surface area (Å²) < 4.78 is 31.9. The lowest BCUT2D eigenvalue weighted by atomic mass is 10.1. The number of amides is 1. The van der Waals surface area contributed by atoms with Gasteiger partial charge in [0.1, 0.15) is 0 Å². The highest BCUT2D eigenvalue weighted by atomic mass is 32.2. The van der Waals surface area contributed by atoms with E-state index in [1.54, 1.807) is 12.1 Å². The lowest BCUT2D eigenvalue weighted by Crippen LogP contribution is -2.63. The number of fused-ring (bicyclic) bond motifs is 3. The van der Waals surface area contributed by atoms with Gasteiger partial charge in [-0.2, -0.15) is 4.31 Å². The van der Waals surface area contributed by atoms with Crippen molar-refractivity contribution in [3.05, 3.63) is 29.8 Å². The van der Waals surface area contributed by atoms with E-state index < -0.39 is 10.0 Å². The predicted octanol–water partition coefficient (Wildman–Crippen LogP) is -0.563. The fourth-order valence-electron chi connectivity index (χ4n) is 3.95. The maximum atomic E-state index is 12.6. The topological polar surface area (TPSA) is 82.2 Å². The normalized spacial score (nSPS) is 28.8. The highest BCUT2D eigenvalue weighted by molar-refractivity contribution is 7.89. The molecule has 4 aliphatic heterocycles. The Hall–Kier alpha value is -1.52. The van der Waals surface area contributed by atoms with Crippen molar-refractivity contribution in [2.24, 2.45) is 0 Å². The first-order valence-electron chi connectivity index (χ1n) is 9.46. The molecule has 8 nitrogen and oxygen atoms in total. The van der Waals surface area contributed by atoms with Crippen molar-refractivity contribution in [2.75, 3.05) is 65.6 Å². The summed E-state index contributed by atoms with van der Waals surface area (Å²) in [5.41, 5.74) is 0.479. The third-order valence-corrected chi connectivity index (χ3v) is 7.53. The molecule has 0 aliphatic carbocycles. The van der Waals surface area contributed by atoms with Gasteiger partial charge in [-0.15, -0.1) is 0 Å². The standard InChI is InChI=1S/C18H26N4O4S/c23-18(19-13-16-14-20-5-7-21(16)8-6-20)15-1-3-17(4-2-15)27(24,25)22-9-11-26-12-10-22/h1-4,16H,5-14H2,(H,19,23). The van der Waals surface area contributed by atoms with Crippen LogP contribution in [0.1, 0.15) is 10.4 Å². The van der Waals surface area contributed by atoms with Gasteiger partial charge >= 0.3 is 0 Å². The number of hydrogen-bond acceptors (Lipinski definition) is 6. The number of piperazine rings is 3. The molecule has 4 aliphatic rings. The van der Waals surface area contributed by atoms with Crippen molar-refractivity contribution >= 4 is 15.9 Å². The molecule has 9 heteroatoms. The molecule has 4 saturated heterocycles. The minimum atomic E-state index is -3.53. The second-order valence-corrected chi connectivity index (χ2v) is 9.18. The number of morpholine rings is 1. The van der Waals surface area contributed by atoms with Crippen molar-refractivity contribution in [1.82, 2.24) is 19.4 Å². The van der Waals surface area contributed by atoms with Crippen LogP contribution in [-0.4, -0.2) is 100 Å². The highest BCUT2D eigenvalue weighted by Crippen LogP contribution is 2.18. The molecule has 148 valence electrons. The Morgan fingerprint density at radius 2 is 1.70 bits per heavy atom. The fraction of sp³-hybridized carbons (Fsp3) is 0.611. The quantitative estimate of drug-likeness (QED) is 0.721. The van der Waals surface area contributed by atoms with Crippen LogP contribution in [0, 0.1) is 0 Å². The first-order chi connectivity index (χ1) is 13.0. The summed E-state index contributed by atoms with van der Waals surface area (Å²) in [4.78, 5) is 17.5. The van der Waals surface area contributed by atoms with Crippen molar-refractivity contribution in [3.8, 4) is 0 Å². The molecule has 4 fully saturated rings. The Balaban J connectivity index is 1.36. The van der Waals surface area contributed by atoms with E-state index in [9.17, 15) is 13.2 Å². The van der Waals surface area contributed by atoms with Crippen molar-refractivity contribution in [2.45, 2.75) is 10.9 Å². The smallest absolute Gasteiger partial charge is 0.251 e. The van der Waals surface area contributed by atoms with E-state index in [1.165, 1.54) is 16.4 Å². The lowest BCUT2D eigenvalue weighted by molar-refractivity contribution is 0.0138. The van der Waals surface area contributed by atoms with E-state index >= 15 is 0 Å². The Bertz CT molecular complexity index is 769. The van der Waals surface area contributed by atoms with Gasteiger partial charge in [0.05, 0.1) is 18.1 Å². The monoisotopic (exact) mass is 394 g/mol. The zero-order valence-electron chi connectivity index (χ0n) is 15.3. The van der Waals surface area contributed by atoms with Gasteiger partial charge in [-0.25, -0.2) is 8.42 Å². The zero-order valence-corrected chi connectivity index (χ0v) is 16.2. The molecule has 1 amide bonds. The summed E-state index contributed by atoms with van der Waals surface area (Å²) in [5.74, 6) is -0.164. The molecule has 0 aromatic heterocycles. The fourth-order valence-corrected chi connectivity index (χ4v) is 5.35. The SMILES string of the molecule is O=C(NCC1CN2CCN1CC2)c1ccc(S(=O)(=O)N2CCOCC2)cc1.